The molecule has 2 unspecified atom stereocenters. The van der Waals surface area contributed by atoms with E-state index in [1.54, 1.807) is 12.5 Å². The average Bonchev–Trinajstić information content (AvgIpc) is 3.60. The molecule has 1 aromatic rings. The number of nitrogens with zero attached hydrogens (tertiary/aromatic N) is 1. The molecule has 35 heavy (non-hydrogen) atoms. The van der Waals surface area contributed by atoms with Crippen molar-refractivity contribution in [1.82, 2.24) is 4.90 Å². The molecule has 0 radical (unpaired) electrons. The molecule has 6 rings (SSSR count). The molecule has 2 heterocycles. The van der Waals surface area contributed by atoms with Gasteiger partial charge in [-0.05, 0) is 119 Å². The first-order chi connectivity index (χ1) is 16.8. The Balaban J connectivity index is 1.12. The molecule has 5 fully saturated rings. The van der Waals surface area contributed by atoms with Crippen molar-refractivity contribution in [3.05, 3.63) is 24.2 Å². The molecular formula is C30H47NO4. The van der Waals surface area contributed by atoms with E-state index in [1.165, 1.54) is 51.7 Å². The zero-order valence-corrected chi connectivity index (χ0v) is 22.0. The molecule has 0 spiro atoms. The van der Waals surface area contributed by atoms with Gasteiger partial charge in [-0.1, -0.05) is 13.8 Å². The third-order valence-corrected chi connectivity index (χ3v) is 12.1. The van der Waals surface area contributed by atoms with Crippen LogP contribution in [0.4, 0.5) is 0 Å². The molecule has 8 atom stereocenters. The highest BCUT2D eigenvalue weighted by Crippen LogP contribution is 2.71. The summed E-state index contributed by atoms with van der Waals surface area (Å²) in [5.41, 5.74) is -1.20. The molecule has 4 aliphatic carbocycles. The van der Waals surface area contributed by atoms with Crippen molar-refractivity contribution in [2.24, 2.45) is 28.6 Å². The van der Waals surface area contributed by atoms with Crippen molar-refractivity contribution >= 4 is 0 Å². The number of fused-ring (bicyclic) bond motifs is 5. The first kappa shape index (κ1) is 24.5. The number of furan rings is 1. The van der Waals surface area contributed by atoms with Gasteiger partial charge < -0.3 is 24.3 Å². The number of rotatable bonds is 6. The standard InChI is InChI=1S/C30H47NO4/c1-27-11-8-24(35-18-5-17-31-15-3-4-16-31)20-22(27)6-7-26-25(27)9-12-28(2)29(32,13-14-30(26,28)33)23-10-19-34-21-23/h10,19,21-22,24-26,32-33H,3-9,11-18,20H2,1-2H3/t22-,24+,25?,26?,27+,28-,29+,30+/m1/s1. The van der Waals surface area contributed by atoms with Gasteiger partial charge in [0.1, 0.15) is 5.60 Å². The van der Waals surface area contributed by atoms with Crippen LogP contribution in [0.2, 0.25) is 0 Å². The smallest absolute Gasteiger partial charge is 0.101 e. The van der Waals surface area contributed by atoms with Crippen LogP contribution in [0.1, 0.15) is 96.5 Å². The van der Waals surface area contributed by atoms with Crippen molar-refractivity contribution in [2.75, 3.05) is 26.2 Å². The van der Waals surface area contributed by atoms with E-state index in [0.29, 0.717) is 30.8 Å². The Labute approximate surface area is 211 Å². The van der Waals surface area contributed by atoms with Crippen LogP contribution in [0.15, 0.2) is 23.0 Å². The van der Waals surface area contributed by atoms with Crippen LogP contribution < -0.4 is 0 Å². The Hall–Kier alpha value is -0.880. The summed E-state index contributed by atoms with van der Waals surface area (Å²) in [4.78, 5) is 2.58. The number of aliphatic hydroxyl groups is 2. The van der Waals surface area contributed by atoms with Crippen molar-refractivity contribution in [2.45, 2.75) is 108 Å². The van der Waals surface area contributed by atoms with E-state index in [1.807, 2.05) is 6.07 Å². The molecule has 5 aliphatic rings. The van der Waals surface area contributed by atoms with E-state index in [2.05, 4.69) is 18.7 Å². The number of likely N-dealkylation sites (tertiary alicyclic amines) is 1. The van der Waals surface area contributed by atoms with Crippen LogP contribution in [0.5, 0.6) is 0 Å². The third kappa shape index (κ3) is 3.62. The zero-order valence-electron chi connectivity index (χ0n) is 22.0. The Bertz CT molecular complexity index is 883. The maximum Gasteiger partial charge on any atom is 0.101 e. The van der Waals surface area contributed by atoms with Gasteiger partial charge in [-0.15, -0.1) is 0 Å². The van der Waals surface area contributed by atoms with Crippen LogP contribution in [0.3, 0.4) is 0 Å². The fourth-order valence-electron chi connectivity index (χ4n) is 9.86. The van der Waals surface area contributed by atoms with Crippen LogP contribution in [-0.4, -0.2) is 53.1 Å². The molecule has 196 valence electrons. The summed E-state index contributed by atoms with van der Waals surface area (Å²) >= 11 is 0. The van der Waals surface area contributed by atoms with Crippen LogP contribution in [0.25, 0.3) is 0 Å². The van der Waals surface area contributed by atoms with E-state index in [-0.39, 0.29) is 11.3 Å². The van der Waals surface area contributed by atoms with E-state index in [9.17, 15) is 10.2 Å². The lowest BCUT2D eigenvalue weighted by Crippen LogP contribution is -2.64. The Morgan fingerprint density at radius 3 is 2.60 bits per heavy atom. The largest absolute Gasteiger partial charge is 0.472 e. The Morgan fingerprint density at radius 2 is 1.83 bits per heavy atom. The zero-order chi connectivity index (χ0) is 24.3. The van der Waals surface area contributed by atoms with E-state index < -0.39 is 16.6 Å². The number of ether oxygens (including phenoxy) is 1. The highest BCUT2D eigenvalue weighted by molar-refractivity contribution is 5.30. The molecule has 0 bridgehead atoms. The molecule has 5 heteroatoms. The first-order valence-electron chi connectivity index (χ1n) is 14.6. The molecule has 4 saturated carbocycles. The summed E-state index contributed by atoms with van der Waals surface area (Å²) in [7, 11) is 0. The van der Waals surface area contributed by atoms with E-state index >= 15 is 0 Å². The Morgan fingerprint density at radius 1 is 1.00 bits per heavy atom. The van der Waals surface area contributed by atoms with E-state index in [4.69, 9.17) is 9.15 Å². The van der Waals surface area contributed by atoms with Crippen molar-refractivity contribution < 1.29 is 19.4 Å². The van der Waals surface area contributed by atoms with Crippen LogP contribution in [0, 0.1) is 28.6 Å². The summed E-state index contributed by atoms with van der Waals surface area (Å²) in [6.45, 7) is 9.34. The number of hydrogen-bond acceptors (Lipinski definition) is 5. The fourth-order valence-corrected chi connectivity index (χ4v) is 9.86. The van der Waals surface area contributed by atoms with Crippen LogP contribution in [-0.2, 0) is 10.3 Å². The Kier molecular flexibility index (Phi) is 6.19. The van der Waals surface area contributed by atoms with Gasteiger partial charge in [-0.2, -0.15) is 0 Å². The van der Waals surface area contributed by atoms with Crippen molar-refractivity contribution in [3.8, 4) is 0 Å². The molecule has 0 aromatic carbocycles. The monoisotopic (exact) mass is 485 g/mol. The first-order valence-corrected chi connectivity index (χ1v) is 14.6. The summed E-state index contributed by atoms with van der Waals surface area (Å²) in [6.07, 6.45) is 16.8. The second-order valence-corrected chi connectivity index (χ2v) is 13.3. The summed E-state index contributed by atoms with van der Waals surface area (Å²) in [5.74, 6) is 1.52. The van der Waals surface area contributed by atoms with Gasteiger partial charge in [0.05, 0.1) is 24.2 Å². The lowest BCUT2D eigenvalue weighted by atomic mass is 9.43. The van der Waals surface area contributed by atoms with Gasteiger partial charge in [0.15, 0.2) is 0 Å². The van der Waals surface area contributed by atoms with Gasteiger partial charge in [-0.25, -0.2) is 0 Å². The summed E-state index contributed by atoms with van der Waals surface area (Å²) < 4.78 is 11.8. The minimum atomic E-state index is -1.00. The molecule has 5 nitrogen and oxygen atoms in total. The lowest BCUT2D eigenvalue weighted by Gasteiger charge is -2.64. The molecule has 1 aromatic heterocycles. The van der Waals surface area contributed by atoms with Gasteiger partial charge in [0, 0.05) is 24.1 Å². The summed E-state index contributed by atoms with van der Waals surface area (Å²) in [6, 6.07) is 1.90. The normalized spacial score (nSPS) is 47.9. The minimum absolute atomic E-state index is 0.279. The maximum atomic E-state index is 12.4. The highest BCUT2D eigenvalue weighted by Gasteiger charge is 2.72. The van der Waals surface area contributed by atoms with Gasteiger partial charge >= 0.3 is 0 Å². The second-order valence-electron chi connectivity index (χ2n) is 13.3. The molecule has 1 aliphatic heterocycles. The summed E-state index contributed by atoms with van der Waals surface area (Å²) in [5, 5.41) is 24.3. The van der Waals surface area contributed by atoms with Gasteiger partial charge in [0.2, 0.25) is 0 Å². The third-order valence-electron chi connectivity index (χ3n) is 12.1. The number of hydrogen-bond donors (Lipinski definition) is 2. The predicted octanol–water partition coefficient (Wildman–Crippen LogP) is 5.50. The van der Waals surface area contributed by atoms with Gasteiger partial charge in [0.25, 0.3) is 0 Å². The second kappa shape index (κ2) is 8.85. The SMILES string of the molecule is C[C@]12CCC3C(CC[C@@H]4C[C@@H](OCCCN5CCCC5)CC[C@]34C)[C@@]1(O)CC[C@]2(O)c1ccoc1. The molecule has 2 N–H and O–H groups in total. The minimum Gasteiger partial charge on any atom is -0.472 e. The van der Waals surface area contributed by atoms with Gasteiger partial charge in [-0.3, -0.25) is 0 Å². The van der Waals surface area contributed by atoms with Crippen molar-refractivity contribution in [1.29, 1.82) is 0 Å². The van der Waals surface area contributed by atoms with Crippen molar-refractivity contribution in [3.63, 3.8) is 0 Å². The maximum absolute atomic E-state index is 12.4. The average molecular weight is 486 g/mol. The molecule has 1 saturated heterocycles. The topological polar surface area (TPSA) is 66.1 Å². The fraction of sp³-hybridized carbons (Fsp3) is 0.867. The molecular weight excluding hydrogens is 438 g/mol. The predicted molar refractivity (Wildman–Crippen MR) is 136 cm³/mol. The van der Waals surface area contributed by atoms with Crippen LogP contribution >= 0.6 is 0 Å². The molecule has 0 amide bonds. The van der Waals surface area contributed by atoms with E-state index in [0.717, 1.165) is 44.3 Å². The lowest BCUT2D eigenvalue weighted by molar-refractivity contribution is -0.239. The quantitative estimate of drug-likeness (QED) is 0.521. The highest BCUT2D eigenvalue weighted by atomic mass is 16.5.